The summed E-state index contributed by atoms with van der Waals surface area (Å²) in [5.74, 6) is -0.0437. The van der Waals surface area contributed by atoms with Crippen LogP contribution in [0.2, 0.25) is 0 Å². The minimum absolute atomic E-state index is 0.00189. The molecule has 1 atom stereocenters. The number of carbonyl (C=O) groups is 1. The van der Waals surface area contributed by atoms with E-state index in [4.69, 9.17) is 4.74 Å². The molecule has 1 aliphatic rings. The number of aryl methyl sites for hydroxylation is 1. The molecular weight excluding hydrogens is 384 g/mol. The molecule has 1 aliphatic heterocycles. The second kappa shape index (κ2) is 8.23. The molecule has 156 valence electrons. The maximum Gasteiger partial charge on any atom is 0.263 e. The normalized spacial score (nSPS) is 16.1. The predicted molar refractivity (Wildman–Crippen MR) is 113 cm³/mol. The van der Waals surface area contributed by atoms with Gasteiger partial charge in [0.15, 0.2) is 0 Å². The van der Waals surface area contributed by atoms with Crippen LogP contribution in [0.25, 0.3) is 10.9 Å². The number of benzene rings is 1. The highest BCUT2D eigenvalue weighted by atomic mass is 16.5. The molecule has 1 unspecified atom stereocenters. The van der Waals surface area contributed by atoms with Crippen LogP contribution in [0.15, 0.2) is 46.1 Å². The standard InChI is InChI=1S/C22H24N4O4/c1-14-9-10-26(12-15-6-5-11-30-15)22(29)19(14)21(28)25(2)13-18-23-17-8-4-3-7-16(17)20(27)24-18/h3-4,7-10,15H,5-6,11-13H2,1-2H3,(H,23,24,27). The van der Waals surface area contributed by atoms with E-state index < -0.39 is 5.91 Å². The number of carbonyl (C=O) groups excluding carboxylic acids is 1. The number of hydrogen-bond donors (Lipinski definition) is 1. The van der Waals surface area contributed by atoms with E-state index in [0.717, 1.165) is 12.8 Å². The van der Waals surface area contributed by atoms with Gasteiger partial charge < -0.3 is 19.2 Å². The van der Waals surface area contributed by atoms with Crippen molar-refractivity contribution < 1.29 is 9.53 Å². The van der Waals surface area contributed by atoms with Gasteiger partial charge in [-0.15, -0.1) is 0 Å². The van der Waals surface area contributed by atoms with Gasteiger partial charge in [-0.05, 0) is 43.5 Å². The number of rotatable bonds is 5. The maximum atomic E-state index is 13.1. The molecule has 3 aromatic rings. The molecule has 30 heavy (non-hydrogen) atoms. The lowest BCUT2D eigenvalue weighted by Gasteiger charge is -2.19. The van der Waals surface area contributed by atoms with Gasteiger partial charge in [0.1, 0.15) is 11.4 Å². The number of para-hydroxylation sites is 1. The molecule has 1 aromatic carbocycles. The summed E-state index contributed by atoms with van der Waals surface area (Å²) in [6.07, 6.45) is 3.60. The Kier molecular flexibility index (Phi) is 5.50. The molecule has 0 saturated carbocycles. The van der Waals surface area contributed by atoms with E-state index in [2.05, 4.69) is 9.97 Å². The zero-order valence-electron chi connectivity index (χ0n) is 17.1. The first-order valence-electron chi connectivity index (χ1n) is 9.99. The Hall–Kier alpha value is -3.26. The van der Waals surface area contributed by atoms with Crippen LogP contribution < -0.4 is 11.1 Å². The molecule has 4 rings (SSSR count). The average Bonchev–Trinajstić information content (AvgIpc) is 3.23. The SMILES string of the molecule is Cc1ccn(CC2CCCO2)c(=O)c1C(=O)N(C)Cc1nc2ccccc2c(=O)[nH]1. The van der Waals surface area contributed by atoms with Crippen LogP contribution in [0, 0.1) is 6.92 Å². The molecule has 0 spiro atoms. The molecule has 1 N–H and O–H groups in total. The van der Waals surface area contributed by atoms with E-state index in [-0.39, 0.29) is 29.3 Å². The number of nitrogens with zero attached hydrogens (tertiary/aromatic N) is 3. The summed E-state index contributed by atoms with van der Waals surface area (Å²) < 4.78 is 7.16. The molecule has 8 heteroatoms. The van der Waals surface area contributed by atoms with Crippen LogP contribution in [0.3, 0.4) is 0 Å². The predicted octanol–water partition coefficient (Wildman–Crippen LogP) is 1.84. The third kappa shape index (κ3) is 3.91. The summed E-state index contributed by atoms with van der Waals surface area (Å²) in [6, 6.07) is 8.80. The first kappa shape index (κ1) is 20.0. The Morgan fingerprint density at radius 1 is 1.30 bits per heavy atom. The Morgan fingerprint density at radius 2 is 2.10 bits per heavy atom. The minimum atomic E-state index is -0.407. The van der Waals surface area contributed by atoms with E-state index in [1.54, 1.807) is 55.1 Å². The van der Waals surface area contributed by atoms with Gasteiger partial charge in [0.2, 0.25) is 0 Å². The molecule has 0 bridgehead atoms. The Labute approximate surface area is 173 Å². The lowest BCUT2D eigenvalue weighted by atomic mass is 10.1. The Morgan fingerprint density at radius 3 is 2.87 bits per heavy atom. The number of H-pyrrole nitrogens is 1. The molecule has 2 aromatic heterocycles. The third-order valence-corrected chi connectivity index (χ3v) is 5.41. The number of nitrogens with one attached hydrogen (secondary N) is 1. The zero-order valence-corrected chi connectivity index (χ0v) is 17.1. The van der Waals surface area contributed by atoms with Crippen molar-refractivity contribution in [2.45, 2.75) is 39.0 Å². The fraction of sp³-hybridized carbons (Fsp3) is 0.364. The van der Waals surface area contributed by atoms with E-state index in [1.807, 2.05) is 0 Å². The largest absolute Gasteiger partial charge is 0.376 e. The van der Waals surface area contributed by atoms with Crippen molar-refractivity contribution in [3.05, 3.63) is 74.2 Å². The van der Waals surface area contributed by atoms with Gasteiger partial charge in [-0.3, -0.25) is 14.4 Å². The summed E-state index contributed by atoms with van der Waals surface area (Å²) in [7, 11) is 1.59. The average molecular weight is 408 g/mol. The molecule has 0 aliphatic carbocycles. The van der Waals surface area contributed by atoms with E-state index in [9.17, 15) is 14.4 Å². The number of pyridine rings is 1. The van der Waals surface area contributed by atoms with Gasteiger partial charge in [-0.2, -0.15) is 0 Å². The zero-order chi connectivity index (χ0) is 21.3. The van der Waals surface area contributed by atoms with Crippen LogP contribution in [-0.2, 0) is 17.8 Å². The summed E-state index contributed by atoms with van der Waals surface area (Å²) in [4.78, 5) is 46.9. The fourth-order valence-electron chi connectivity index (χ4n) is 3.77. The van der Waals surface area contributed by atoms with Crippen molar-refractivity contribution in [3.8, 4) is 0 Å². The molecule has 1 fully saturated rings. The fourth-order valence-corrected chi connectivity index (χ4v) is 3.77. The summed E-state index contributed by atoms with van der Waals surface area (Å²) in [6.45, 7) is 2.97. The van der Waals surface area contributed by atoms with Gasteiger partial charge in [0, 0.05) is 19.9 Å². The van der Waals surface area contributed by atoms with Crippen molar-refractivity contribution in [1.82, 2.24) is 19.4 Å². The summed E-state index contributed by atoms with van der Waals surface area (Å²) in [5.41, 5.74) is 0.710. The van der Waals surface area contributed by atoms with Gasteiger partial charge in [0.05, 0.1) is 30.1 Å². The van der Waals surface area contributed by atoms with E-state index in [1.165, 1.54) is 4.90 Å². The molecule has 1 saturated heterocycles. The van der Waals surface area contributed by atoms with Crippen molar-refractivity contribution in [3.63, 3.8) is 0 Å². The van der Waals surface area contributed by atoms with Gasteiger partial charge in [0.25, 0.3) is 17.0 Å². The topological polar surface area (TPSA) is 97.3 Å². The number of fused-ring (bicyclic) bond motifs is 1. The van der Waals surface area contributed by atoms with E-state index >= 15 is 0 Å². The molecule has 3 heterocycles. The molecule has 1 amide bonds. The Balaban J connectivity index is 1.59. The van der Waals surface area contributed by atoms with Crippen molar-refractivity contribution in [2.75, 3.05) is 13.7 Å². The van der Waals surface area contributed by atoms with Crippen molar-refractivity contribution >= 4 is 16.8 Å². The lowest BCUT2D eigenvalue weighted by Crippen LogP contribution is -2.37. The van der Waals surface area contributed by atoms with Crippen LogP contribution in [0.1, 0.15) is 34.6 Å². The third-order valence-electron chi connectivity index (χ3n) is 5.41. The first-order valence-corrected chi connectivity index (χ1v) is 9.99. The number of amides is 1. The Bertz CT molecular complexity index is 1210. The van der Waals surface area contributed by atoms with Crippen LogP contribution in [-0.4, -0.2) is 45.1 Å². The van der Waals surface area contributed by atoms with E-state index in [0.29, 0.717) is 35.4 Å². The monoisotopic (exact) mass is 408 g/mol. The molecular formula is C22H24N4O4. The first-order chi connectivity index (χ1) is 14.4. The second-order valence-electron chi connectivity index (χ2n) is 7.66. The number of ether oxygens (including phenoxy) is 1. The number of aromatic nitrogens is 3. The van der Waals surface area contributed by atoms with Gasteiger partial charge in [-0.1, -0.05) is 12.1 Å². The second-order valence-corrected chi connectivity index (χ2v) is 7.66. The summed E-state index contributed by atoms with van der Waals surface area (Å²) >= 11 is 0. The van der Waals surface area contributed by atoms with Crippen molar-refractivity contribution in [1.29, 1.82) is 0 Å². The lowest BCUT2D eigenvalue weighted by molar-refractivity contribution is 0.0774. The number of hydrogen-bond acceptors (Lipinski definition) is 5. The van der Waals surface area contributed by atoms with Crippen LogP contribution in [0.5, 0.6) is 0 Å². The highest BCUT2D eigenvalue weighted by Gasteiger charge is 2.23. The van der Waals surface area contributed by atoms with Gasteiger partial charge >= 0.3 is 0 Å². The van der Waals surface area contributed by atoms with Crippen molar-refractivity contribution in [2.24, 2.45) is 0 Å². The molecule has 0 radical (unpaired) electrons. The summed E-state index contributed by atoms with van der Waals surface area (Å²) in [5, 5.41) is 0.492. The minimum Gasteiger partial charge on any atom is -0.376 e. The molecule has 8 nitrogen and oxygen atoms in total. The quantitative estimate of drug-likeness (QED) is 0.695. The van der Waals surface area contributed by atoms with Crippen LogP contribution in [0.4, 0.5) is 0 Å². The maximum absolute atomic E-state index is 13.1. The highest BCUT2D eigenvalue weighted by Crippen LogP contribution is 2.14. The number of aromatic amines is 1. The smallest absolute Gasteiger partial charge is 0.263 e. The van der Waals surface area contributed by atoms with Crippen LogP contribution >= 0.6 is 0 Å². The van der Waals surface area contributed by atoms with Gasteiger partial charge in [-0.25, -0.2) is 4.98 Å². The highest BCUT2D eigenvalue weighted by molar-refractivity contribution is 5.95.